The molecule has 1 fully saturated rings. The number of aromatic nitrogens is 2. The predicted octanol–water partition coefficient (Wildman–Crippen LogP) is 1.09. The third-order valence-corrected chi connectivity index (χ3v) is 3.48. The Kier molecular flexibility index (Phi) is 4.79. The maximum absolute atomic E-state index is 9.16. The lowest BCUT2D eigenvalue weighted by Crippen LogP contribution is -2.35. The van der Waals surface area contributed by atoms with Crippen LogP contribution in [-0.4, -0.2) is 41.3 Å². The van der Waals surface area contributed by atoms with Crippen LogP contribution in [0, 0.1) is 5.92 Å². The average Bonchev–Trinajstić information content (AvgIpc) is 2.44. The lowest BCUT2D eigenvalue weighted by Gasteiger charge is -2.32. The maximum atomic E-state index is 9.16. The minimum atomic E-state index is 0.281. The number of nitrogens with one attached hydrogen (secondary N) is 1. The SMILES string of the molecule is CCCNc1cc(N2CCC(CO)CC2)nc(N)n1. The van der Waals surface area contributed by atoms with Crippen LogP contribution >= 0.6 is 0 Å². The molecule has 0 radical (unpaired) electrons. The Hall–Kier alpha value is -1.56. The summed E-state index contributed by atoms with van der Waals surface area (Å²) in [5, 5.41) is 12.4. The van der Waals surface area contributed by atoms with E-state index in [1.54, 1.807) is 0 Å². The molecule has 1 aromatic rings. The highest BCUT2D eigenvalue weighted by Crippen LogP contribution is 2.23. The Morgan fingerprint density at radius 2 is 2.16 bits per heavy atom. The normalized spacial score (nSPS) is 16.6. The molecule has 106 valence electrons. The molecule has 0 aromatic carbocycles. The molecule has 1 aromatic heterocycles. The summed E-state index contributed by atoms with van der Waals surface area (Å²) >= 11 is 0. The Balaban J connectivity index is 2.05. The maximum Gasteiger partial charge on any atom is 0.223 e. The van der Waals surface area contributed by atoms with Crippen molar-refractivity contribution in [3.8, 4) is 0 Å². The highest BCUT2D eigenvalue weighted by Gasteiger charge is 2.20. The summed E-state index contributed by atoms with van der Waals surface area (Å²) in [6, 6.07) is 1.95. The third kappa shape index (κ3) is 3.70. The van der Waals surface area contributed by atoms with Crippen molar-refractivity contribution in [2.24, 2.45) is 5.92 Å². The largest absolute Gasteiger partial charge is 0.396 e. The minimum Gasteiger partial charge on any atom is -0.396 e. The molecule has 19 heavy (non-hydrogen) atoms. The molecule has 4 N–H and O–H groups in total. The first-order chi connectivity index (χ1) is 9.22. The molecule has 0 saturated carbocycles. The van der Waals surface area contributed by atoms with Gasteiger partial charge in [0.05, 0.1) is 0 Å². The number of nitrogens with zero attached hydrogens (tertiary/aromatic N) is 3. The summed E-state index contributed by atoms with van der Waals surface area (Å²) in [5.41, 5.74) is 5.76. The van der Waals surface area contributed by atoms with Crippen molar-refractivity contribution in [2.75, 3.05) is 42.2 Å². The lowest BCUT2D eigenvalue weighted by molar-refractivity contribution is 0.203. The summed E-state index contributed by atoms with van der Waals surface area (Å²) in [7, 11) is 0. The van der Waals surface area contributed by atoms with E-state index in [9.17, 15) is 0 Å². The first-order valence-electron chi connectivity index (χ1n) is 6.97. The van der Waals surface area contributed by atoms with E-state index in [-0.39, 0.29) is 6.61 Å². The van der Waals surface area contributed by atoms with Gasteiger partial charge in [0.1, 0.15) is 11.6 Å². The zero-order valence-corrected chi connectivity index (χ0v) is 11.5. The molecular weight excluding hydrogens is 242 g/mol. The average molecular weight is 265 g/mol. The fraction of sp³-hybridized carbons (Fsp3) is 0.692. The molecule has 1 aliphatic rings. The van der Waals surface area contributed by atoms with Crippen LogP contribution in [-0.2, 0) is 0 Å². The monoisotopic (exact) mass is 265 g/mol. The quantitative estimate of drug-likeness (QED) is 0.738. The van der Waals surface area contributed by atoms with Gasteiger partial charge in [-0.25, -0.2) is 0 Å². The second-order valence-electron chi connectivity index (χ2n) is 5.01. The van der Waals surface area contributed by atoms with E-state index < -0.39 is 0 Å². The highest BCUT2D eigenvalue weighted by atomic mass is 16.3. The number of nitrogen functional groups attached to an aromatic ring is 1. The van der Waals surface area contributed by atoms with Gasteiger partial charge in [0.25, 0.3) is 0 Å². The molecule has 6 nitrogen and oxygen atoms in total. The number of hydrogen-bond acceptors (Lipinski definition) is 6. The van der Waals surface area contributed by atoms with E-state index >= 15 is 0 Å². The third-order valence-electron chi connectivity index (χ3n) is 3.48. The van der Waals surface area contributed by atoms with Crippen LogP contribution in [0.4, 0.5) is 17.6 Å². The smallest absolute Gasteiger partial charge is 0.223 e. The van der Waals surface area contributed by atoms with Gasteiger partial charge < -0.3 is 21.1 Å². The molecule has 0 atom stereocenters. The van der Waals surface area contributed by atoms with Crippen molar-refractivity contribution in [3.63, 3.8) is 0 Å². The van der Waals surface area contributed by atoms with Crippen LogP contribution in [0.15, 0.2) is 6.07 Å². The Morgan fingerprint density at radius 3 is 2.79 bits per heavy atom. The van der Waals surface area contributed by atoms with Crippen molar-refractivity contribution < 1.29 is 5.11 Å². The highest BCUT2D eigenvalue weighted by molar-refractivity contribution is 5.52. The number of aliphatic hydroxyl groups is 1. The topological polar surface area (TPSA) is 87.3 Å². The summed E-state index contributed by atoms with van der Waals surface area (Å²) in [6.45, 7) is 5.09. The Labute approximate surface area is 114 Å². The van der Waals surface area contributed by atoms with Gasteiger partial charge in [-0.15, -0.1) is 0 Å². The Morgan fingerprint density at radius 1 is 1.42 bits per heavy atom. The van der Waals surface area contributed by atoms with E-state index in [0.717, 1.165) is 50.5 Å². The molecular formula is C13H23N5O. The lowest BCUT2D eigenvalue weighted by atomic mass is 9.98. The van der Waals surface area contributed by atoms with Gasteiger partial charge in [-0.2, -0.15) is 9.97 Å². The van der Waals surface area contributed by atoms with Crippen molar-refractivity contribution in [3.05, 3.63) is 6.07 Å². The number of anilines is 3. The van der Waals surface area contributed by atoms with E-state index in [1.165, 1.54) is 0 Å². The first kappa shape index (κ1) is 13.9. The number of nitrogens with two attached hydrogens (primary N) is 1. The van der Waals surface area contributed by atoms with Gasteiger partial charge >= 0.3 is 0 Å². The minimum absolute atomic E-state index is 0.281. The molecule has 6 heteroatoms. The number of piperidine rings is 1. The van der Waals surface area contributed by atoms with Crippen LogP contribution in [0.1, 0.15) is 26.2 Å². The molecule has 0 amide bonds. The number of rotatable bonds is 5. The van der Waals surface area contributed by atoms with Crippen molar-refractivity contribution in [1.82, 2.24) is 9.97 Å². The summed E-state index contributed by atoms with van der Waals surface area (Å²) in [6.07, 6.45) is 3.04. The second-order valence-corrected chi connectivity index (χ2v) is 5.01. The zero-order valence-electron chi connectivity index (χ0n) is 11.5. The summed E-state index contributed by atoms with van der Waals surface area (Å²) < 4.78 is 0. The fourth-order valence-corrected chi connectivity index (χ4v) is 2.30. The van der Waals surface area contributed by atoms with Crippen LogP contribution in [0.5, 0.6) is 0 Å². The standard InChI is InChI=1S/C13H23N5O/c1-2-5-15-11-8-12(17-13(14)16-11)18-6-3-10(9-19)4-7-18/h8,10,19H,2-7,9H2,1H3,(H3,14,15,16,17). The van der Waals surface area contributed by atoms with E-state index in [0.29, 0.717) is 11.9 Å². The Bertz CT molecular complexity index is 404. The van der Waals surface area contributed by atoms with Gasteiger partial charge in [-0.3, -0.25) is 0 Å². The van der Waals surface area contributed by atoms with Gasteiger partial charge in [-0.1, -0.05) is 6.92 Å². The molecule has 0 aliphatic carbocycles. The van der Waals surface area contributed by atoms with Gasteiger partial charge in [0, 0.05) is 32.3 Å². The molecule has 2 rings (SSSR count). The molecule has 1 aliphatic heterocycles. The fourth-order valence-electron chi connectivity index (χ4n) is 2.30. The van der Waals surface area contributed by atoms with E-state index in [1.807, 2.05) is 6.07 Å². The van der Waals surface area contributed by atoms with Gasteiger partial charge in [0.2, 0.25) is 5.95 Å². The number of aliphatic hydroxyl groups excluding tert-OH is 1. The molecule has 0 bridgehead atoms. The van der Waals surface area contributed by atoms with Crippen LogP contribution in [0.3, 0.4) is 0 Å². The van der Waals surface area contributed by atoms with Crippen LogP contribution < -0.4 is 16.0 Å². The predicted molar refractivity (Wildman–Crippen MR) is 77.2 cm³/mol. The van der Waals surface area contributed by atoms with Gasteiger partial charge in [-0.05, 0) is 25.2 Å². The summed E-state index contributed by atoms with van der Waals surface area (Å²) in [4.78, 5) is 10.7. The van der Waals surface area contributed by atoms with Crippen LogP contribution in [0.2, 0.25) is 0 Å². The zero-order chi connectivity index (χ0) is 13.7. The summed E-state index contributed by atoms with van der Waals surface area (Å²) in [5.74, 6) is 2.39. The van der Waals surface area contributed by atoms with E-state index in [2.05, 4.69) is 27.1 Å². The first-order valence-corrected chi connectivity index (χ1v) is 6.97. The van der Waals surface area contributed by atoms with Crippen LogP contribution in [0.25, 0.3) is 0 Å². The van der Waals surface area contributed by atoms with E-state index in [4.69, 9.17) is 10.8 Å². The van der Waals surface area contributed by atoms with Crippen molar-refractivity contribution >= 4 is 17.6 Å². The molecule has 1 saturated heterocycles. The van der Waals surface area contributed by atoms with Gasteiger partial charge in [0.15, 0.2) is 0 Å². The molecule has 2 heterocycles. The van der Waals surface area contributed by atoms with Crippen molar-refractivity contribution in [2.45, 2.75) is 26.2 Å². The molecule has 0 spiro atoms. The molecule has 0 unspecified atom stereocenters. The second kappa shape index (κ2) is 6.56. The number of hydrogen-bond donors (Lipinski definition) is 3. The van der Waals surface area contributed by atoms with Crippen molar-refractivity contribution in [1.29, 1.82) is 0 Å².